The van der Waals surface area contributed by atoms with Gasteiger partial charge in [-0.3, -0.25) is 10.1 Å². The molecule has 1 saturated heterocycles. The van der Waals surface area contributed by atoms with E-state index in [1.54, 1.807) is 7.11 Å². The number of hydrogen-bond acceptors (Lipinski definition) is 3. The lowest BCUT2D eigenvalue weighted by Gasteiger charge is -2.23. The van der Waals surface area contributed by atoms with E-state index in [1.807, 2.05) is 25.1 Å². The number of carbonyl (C=O) groups excluding carboxylic acids is 1. The number of aryl methyl sites for hydroxylation is 1. The number of aromatic amines is 1. The van der Waals surface area contributed by atoms with E-state index >= 15 is 0 Å². The van der Waals surface area contributed by atoms with Crippen LogP contribution in [-0.2, 0) is 4.79 Å². The maximum atomic E-state index is 11.9. The van der Waals surface area contributed by atoms with Gasteiger partial charge in [-0.25, -0.2) is 0 Å². The third-order valence-electron chi connectivity index (χ3n) is 3.63. The van der Waals surface area contributed by atoms with Gasteiger partial charge in [0.1, 0.15) is 11.8 Å². The molecule has 5 nitrogen and oxygen atoms in total. The Bertz CT molecular complexity index is 633. The van der Waals surface area contributed by atoms with Gasteiger partial charge in [0.15, 0.2) is 0 Å². The molecule has 1 aliphatic rings. The minimum Gasteiger partial charge on any atom is -0.497 e. The van der Waals surface area contributed by atoms with E-state index in [4.69, 9.17) is 4.74 Å². The molecule has 1 aliphatic heterocycles. The van der Waals surface area contributed by atoms with E-state index in [-0.39, 0.29) is 11.9 Å². The minimum atomic E-state index is -0.299. The Morgan fingerprint density at radius 2 is 2.16 bits per heavy atom. The van der Waals surface area contributed by atoms with Crippen molar-refractivity contribution in [1.29, 1.82) is 0 Å². The molecule has 1 amide bonds. The van der Waals surface area contributed by atoms with Crippen LogP contribution in [0, 0.1) is 6.92 Å². The van der Waals surface area contributed by atoms with E-state index < -0.39 is 0 Å². The molecule has 0 bridgehead atoms. The van der Waals surface area contributed by atoms with Crippen LogP contribution in [0.4, 0.5) is 0 Å². The maximum absolute atomic E-state index is 11.9. The number of H-pyrrole nitrogens is 1. The van der Waals surface area contributed by atoms with Crippen LogP contribution in [0.15, 0.2) is 18.2 Å². The van der Waals surface area contributed by atoms with Crippen molar-refractivity contribution in [2.24, 2.45) is 0 Å². The average Bonchev–Trinajstić information content (AvgIpc) is 2.76. The Labute approximate surface area is 111 Å². The predicted octanol–water partition coefficient (Wildman–Crippen LogP) is 1.25. The topological polar surface area (TPSA) is 66.2 Å². The first-order valence-corrected chi connectivity index (χ1v) is 6.38. The van der Waals surface area contributed by atoms with Crippen LogP contribution in [0.3, 0.4) is 0 Å². The highest BCUT2D eigenvalue weighted by atomic mass is 16.5. The fourth-order valence-corrected chi connectivity index (χ4v) is 2.57. The van der Waals surface area contributed by atoms with Gasteiger partial charge in [-0.1, -0.05) is 0 Å². The number of nitrogens with one attached hydrogen (secondary N) is 3. The highest BCUT2D eigenvalue weighted by Crippen LogP contribution is 2.29. The number of rotatable bonds is 2. The van der Waals surface area contributed by atoms with E-state index in [0.29, 0.717) is 6.54 Å². The van der Waals surface area contributed by atoms with Gasteiger partial charge in [0, 0.05) is 29.7 Å². The van der Waals surface area contributed by atoms with Crippen LogP contribution in [0.5, 0.6) is 5.75 Å². The zero-order valence-corrected chi connectivity index (χ0v) is 11.0. The van der Waals surface area contributed by atoms with E-state index in [1.165, 1.54) is 0 Å². The maximum Gasteiger partial charge on any atom is 0.243 e. The summed E-state index contributed by atoms with van der Waals surface area (Å²) in [6.45, 7) is 3.49. The number of carbonyl (C=O) groups is 1. The summed E-state index contributed by atoms with van der Waals surface area (Å²) in [5.41, 5.74) is 3.04. The zero-order valence-electron chi connectivity index (χ0n) is 11.0. The molecule has 0 aliphatic carbocycles. The number of piperazine rings is 1. The first kappa shape index (κ1) is 12.0. The lowest BCUT2D eigenvalue weighted by atomic mass is 10.1. The van der Waals surface area contributed by atoms with Crippen LogP contribution in [0.2, 0.25) is 0 Å². The zero-order chi connectivity index (χ0) is 13.4. The summed E-state index contributed by atoms with van der Waals surface area (Å²) in [4.78, 5) is 15.3. The minimum absolute atomic E-state index is 0.0212. The van der Waals surface area contributed by atoms with E-state index in [0.717, 1.165) is 34.5 Å². The summed E-state index contributed by atoms with van der Waals surface area (Å²) in [5.74, 6) is 0.843. The fraction of sp³-hybridized carbons (Fsp3) is 0.357. The van der Waals surface area contributed by atoms with Crippen LogP contribution in [-0.4, -0.2) is 31.1 Å². The molecule has 1 aromatic heterocycles. The summed E-state index contributed by atoms with van der Waals surface area (Å²) < 4.78 is 5.24. The largest absolute Gasteiger partial charge is 0.497 e. The highest BCUT2D eigenvalue weighted by Gasteiger charge is 2.26. The molecular weight excluding hydrogens is 242 g/mol. The van der Waals surface area contributed by atoms with Crippen molar-refractivity contribution >= 4 is 16.8 Å². The van der Waals surface area contributed by atoms with E-state index in [2.05, 4.69) is 15.6 Å². The predicted molar refractivity (Wildman–Crippen MR) is 73.3 cm³/mol. The van der Waals surface area contributed by atoms with Crippen molar-refractivity contribution in [3.63, 3.8) is 0 Å². The van der Waals surface area contributed by atoms with Gasteiger partial charge in [-0.2, -0.15) is 0 Å². The molecule has 0 radical (unpaired) electrons. The standard InChI is InChI=1S/C14H17N3O2/c1-8-10-7-9(19-2)3-4-11(10)17-12(8)13-14(18)16-6-5-15-13/h3-4,7,13,15,17H,5-6H2,1-2H3,(H,16,18). The molecule has 3 rings (SSSR count). The molecule has 0 spiro atoms. The van der Waals surface area contributed by atoms with Crippen molar-refractivity contribution < 1.29 is 9.53 Å². The number of methoxy groups -OCH3 is 1. The van der Waals surface area contributed by atoms with Crippen LogP contribution in [0.25, 0.3) is 10.9 Å². The smallest absolute Gasteiger partial charge is 0.243 e. The molecule has 2 heterocycles. The molecule has 100 valence electrons. The molecule has 5 heteroatoms. The van der Waals surface area contributed by atoms with Crippen LogP contribution in [0.1, 0.15) is 17.3 Å². The monoisotopic (exact) mass is 259 g/mol. The van der Waals surface area contributed by atoms with Crippen molar-refractivity contribution in [2.75, 3.05) is 20.2 Å². The average molecular weight is 259 g/mol. The normalized spacial score (nSPS) is 19.5. The Morgan fingerprint density at radius 1 is 1.32 bits per heavy atom. The summed E-state index contributed by atoms with van der Waals surface area (Å²) in [5, 5.41) is 7.21. The number of amides is 1. The highest BCUT2D eigenvalue weighted by molar-refractivity contribution is 5.90. The lowest BCUT2D eigenvalue weighted by molar-refractivity contribution is -0.124. The van der Waals surface area contributed by atoms with Gasteiger partial charge >= 0.3 is 0 Å². The van der Waals surface area contributed by atoms with Crippen LogP contribution < -0.4 is 15.4 Å². The molecule has 2 aromatic rings. The first-order chi connectivity index (χ1) is 9.20. The number of hydrogen-bond donors (Lipinski definition) is 3. The van der Waals surface area contributed by atoms with Crippen molar-refractivity contribution in [1.82, 2.24) is 15.6 Å². The van der Waals surface area contributed by atoms with Crippen molar-refractivity contribution in [3.05, 3.63) is 29.5 Å². The van der Waals surface area contributed by atoms with E-state index in [9.17, 15) is 4.79 Å². The van der Waals surface area contributed by atoms with Crippen molar-refractivity contribution in [3.8, 4) is 5.75 Å². The number of benzene rings is 1. The number of fused-ring (bicyclic) bond motifs is 1. The van der Waals surface area contributed by atoms with Gasteiger partial charge in [-0.05, 0) is 30.7 Å². The molecule has 1 aromatic carbocycles. The Balaban J connectivity index is 2.09. The summed E-state index contributed by atoms with van der Waals surface area (Å²) in [7, 11) is 1.65. The van der Waals surface area contributed by atoms with Gasteiger partial charge in [0.2, 0.25) is 5.91 Å². The quantitative estimate of drug-likeness (QED) is 0.760. The third-order valence-corrected chi connectivity index (χ3v) is 3.63. The second kappa shape index (κ2) is 4.59. The summed E-state index contributed by atoms with van der Waals surface area (Å²) in [6, 6.07) is 5.58. The molecule has 1 fully saturated rings. The fourth-order valence-electron chi connectivity index (χ4n) is 2.57. The summed E-state index contributed by atoms with van der Waals surface area (Å²) >= 11 is 0. The SMILES string of the molecule is COc1ccc2[nH]c(C3NCCNC3=O)c(C)c2c1. The lowest BCUT2D eigenvalue weighted by Crippen LogP contribution is -2.47. The van der Waals surface area contributed by atoms with Gasteiger partial charge < -0.3 is 15.0 Å². The van der Waals surface area contributed by atoms with Crippen molar-refractivity contribution in [2.45, 2.75) is 13.0 Å². The molecule has 1 atom stereocenters. The third kappa shape index (κ3) is 1.96. The molecule has 19 heavy (non-hydrogen) atoms. The molecule has 1 unspecified atom stereocenters. The van der Waals surface area contributed by atoms with Gasteiger partial charge in [0.05, 0.1) is 7.11 Å². The molecule has 0 saturated carbocycles. The summed E-state index contributed by atoms with van der Waals surface area (Å²) in [6.07, 6.45) is 0. The molecule has 3 N–H and O–H groups in total. The number of ether oxygens (including phenoxy) is 1. The molecular formula is C14H17N3O2. The Hall–Kier alpha value is -2.01. The van der Waals surface area contributed by atoms with Gasteiger partial charge in [-0.15, -0.1) is 0 Å². The Morgan fingerprint density at radius 3 is 2.89 bits per heavy atom. The second-order valence-corrected chi connectivity index (χ2v) is 4.75. The first-order valence-electron chi connectivity index (χ1n) is 6.38. The number of aromatic nitrogens is 1. The second-order valence-electron chi connectivity index (χ2n) is 4.75. The van der Waals surface area contributed by atoms with Gasteiger partial charge in [0.25, 0.3) is 0 Å². The van der Waals surface area contributed by atoms with Crippen LogP contribution >= 0.6 is 0 Å². The Kier molecular flexibility index (Phi) is 2.91.